The lowest BCUT2D eigenvalue weighted by Crippen LogP contribution is -1.95. The first-order chi connectivity index (χ1) is 6.40. The van der Waals surface area contributed by atoms with Crippen molar-refractivity contribution in [2.75, 3.05) is 0 Å². The third-order valence-corrected chi connectivity index (χ3v) is 2.61. The van der Waals surface area contributed by atoms with Crippen LogP contribution in [0.2, 0.25) is 0 Å². The van der Waals surface area contributed by atoms with Crippen LogP contribution in [0.15, 0.2) is 29.9 Å². The van der Waals surface area contributed by atoms with Crippen LogP contribution in [0.25, 0.3) is 10.6 Å². The number of nitrogens with zero attached hydrogens (tertiary/aromatic N) is 2. The Morgan fingerprint density at radius 3 is 2.86 bits per heavy atom. The molecule has 0 unspecified atom stereocenters. The van der Waals surface area contributed by atoms with E-state index in [1.807, 2.05) is 17.5 Å². The van der Waals surface area contributed by atoms with E-state index in [2.05, 4.69) is 9.97 Å². The summed E-state index contributed by atoms with van der Waals surface area (Å²) in [4.78, 5) is 8.38. The number of nitrogens with two attached hydrogens (primary N) is 1. The predicted molar refractivity (Wildman–Crippen MR) is 60.5 cm³/mol. The van der Waals surface area contributed by atoms with Gasteiger partial charge in [-0.1, -0.05) is 0 Å². The van der Waals surface area contributed by atoms with Crippen molar-refractivity contribution in [2.24, 2.45) is 5.73 Å². The third-order valence-electron chi connectivity index (χ3n) is 1.67. The topological polar surface area (TPSA) is 51.8 Å². The highest BCUT2D eigenvalue weighted by molar-refractivity contribution is 7.13. The molecule has 74 valence electrons. The number of halogens is 1. The van der Waals surface area contributed by atoms with E-state index in [0.717, 1.165) is 16.3 Å². The fourth-order valence-corrected chi connectivity index (χ4v) is 1.85. The van der Waals surface area contributed by atoms with Gasteiger partial charge in [0.15, 0.2) is 0 Å². The van der Waals surface area contributed by atoms with Crippen LogP contribution in [0.1, 0.15) is 5.69 Å². The van der Waals surface area contributed by atoms with Gasteiger partial charge in [0, 0.05) is 29.9 Å². The lowest BCUT2D eigenvalue weighted by Gasteiger charge is -1.92. The average molecular weight is 228 g/mol. The van der Waals surface area contributed by atoms with E-state index in [4.69, 9.17) is 5.73 Å². The molecule has 0 atom stereocenters. The predicted octanol–water partition coefficient (Wildman–Crippen LogP) is 2.09. The quantitative estimate of drug-likeness (QED) is 0.855. The van der Waals surface area contributed by atoms with Crippen LogP contribution in [-0.2, 0) is 6.54 Å². The first kappa shape index (κ1) is 11.1. The molecule has 2 N–H and O–H groups in total. The molecular formula is C9H10ClN3S. The zero-order valence-corrected chi connectivity index (χ0v) is 9.02. The standard InChI is InChI=1S/C9H9N3S.ClH/c10-4-8-6-13-9(12-8)7-2-1-3-11-5-7;/h1-3,5-6H,4,10H2;1H. The van der Waals surface area contributed by atoms with Crippen LogP contribution in [-0.4, -0.2) is 9.97 Å². The highest BCUT2D eigenvalue weighted by atomic mass is 35.5. The lowest BCUT2D eigenvalue weighted by atomic mass is 10.3. The Balaban J connectivity index is 0.000000980. The number of pyridine rings is 1. The molecule has 0 bridgehead atoms. The molecular weight excluding hydrogens is 218 g/mol. The molecule has 0 amide bonds. The van der Waals surface area contributed by atoms with E-state index >= 15 is 0 Å². The van der Waals surface area contributed by atoms with Gasteiger partial charge in [0.1, 0.15) is 5.01 Å². The van der Waals surface area contributed by atoms with Crippen LogP contribution in [0.4, 0.5) is 0 Å². The summed E-state index contributed by atoms with van der Waals surface area (Å²) in [5, 5.41) is 2.95. The van der Waals surface area contributed by atoms with Gasteiger partial charge in [-0.2, -0.15) is 0 Å². The second-order valence-electron chi connectivity index (χ2n) is 2.59. The molecule has 2 aromatic rings. The monoisotopic (exact) mass is 227 g/mol. The molecule has 0 spiro atoms. The van der Waals surface area contributed by atoms with E-state index in [1.165, 1.54) is 0 Å². The Labute approximate surface area is 92.4 Å². The van der Waals surface area contributed by atoms with Crippen molar-refractivity contribution >= 4 is 23.7 Å². The zero-order valence-electron chi connectivity index (χ0n) is 7.38. The van der Waals surface area contributed by atoms with Crippen molar-refractivity contribution in [3.8, 4) is 10.6 Å². The van der Waals surface area contributed by atoms with Crippen LogP contribution < -0.4 is 5.73 Å². The number of hydrogen-bond donors (Lipinski definition) is 1. The lowest BCUT2D eigenvalue weighted by molar-refractivity contribution is 1.01. The van der Waals surface area contributed by atoms with Gasteiger partial charge in [0.2, 0.25) is 0 Å². The van der Waals surface area contributed by atoms with Crippen molar-refractivity contribution in [3.05, 3.63) is 35.6 Å². The number of thiazole rings is 1. The van der Waals surface area contributed by atoms with Gasteiger partial charge in [0.25, 0.3) is 0 Å². The molecule has 2 aromatic heterocycles. The molecule has 2 rings (SSSR count). The highest BCUT2D eigenvalue weighted by Crippen LogP contribution is 2.21. The van der Waals surface area contributed by atoms with Crippen molar-refractivity contribution in [1.29, 1.82) is 0 Å². The number of aromatic nitrogens is 2. The summed E-state index contributed by atoms with van der Waals surface area (Å²) < 4.78 is 0. The molecule has 0 saturated heterocycles. The van der Waals surface area contributed by atoms with Gasteiger partial charge in [-0.25, -0.2) is 4.98 Å². The molecule has 5 heteroatoms. The molecule has 0 aromatic carbocycles. The minimum Gasteiger partial charge on any atom is -0.325 e. The maximum Gasteiger partial charge on any atom is 0.125 e. The van der Waals surface area contributed by atoms with Gasteiger partial charge in [-0.05, 0) is 12.1 Å². The number of hydrogen-bond acceptors (Lipinski definition) is 4. The minimum absolute atomic E-state index is 0. The maximum atomic E-state index is 5.47. The second-order valence-corrected chi connectivity index (χ2v) is 3.45. The first-order valence-corrected chi connectivity index (χ1v) is 4.83. The van der Waals surface area contributed by atoms with Crippen molar-refractivity contribution in [2.45, 2.75) is 6.54 Å². The summed E-state index contributed by atoms with van der Waals surface area (Å²) in [5.74, 6) is 0. The summed E-state index contributed by atoms with van der Waals surface area (Å²) in [7, 11) is 0. The van der Waals surface area contributed by atoms with E-state index in [9.17, 15) is 0 Å². The van der Waals surface area contributed by atoms with E-state index < -0.39 is 0 Å². The molecule has 0 radical (unpaired) electrons. The molecule has 0 saturated carbocycles. The van der Waals surface area contributed by atoms with E-state index in [1.54, 1.807) is 23.7 Å². The Morgan fingerprint density at radius 2 is 2.29 bits per heavy atom. The largest absolute Gasteiger partial charge is 0.325 e. The summed E-state index contributed by atoms with van der Waals surface area (Å²) in [6.07, 6.45) is 3.56. The van der Waals surface area contributed by atoms with E-state index in [-0.39, 0.29) is 12.4 Å². The molecule has 3 nitrogen and oxygen atoms in total. The molecule has 0 aliphatic rings. The molecule has 2 heterocycles. The smallest absolute Gasteiger partial charge is 0.125 e. The zero-order chi connectivity index (χ0) is 9.10. The second kappa shape index (κ2) is 5.05. The average Bonchev–Trinajstić information content (AvgIpc) is 2.67. The van der Waals surface area contributed by atoms with Crippen molar-refractivity contribution < 1.29 is 0 Å². The summed E-state index contributed by atoms with van der Waals surface area (Å²) >= 11 is 1.60. The van der Waals surface area contributed by atoms with Crippen molar-refractivity contribution in [1.82, 2.24) is 9.97 Å². The highest BCUT2D eigenvalue weighted by Gasteiger charge is 2.02. The third kappa shape index (κ3) is 2.29. The van der Waals surface area contributed by atoms with Crippen LogP contribution in [0.3, 0.4) is 0 Å². The summed E-state index contributed by atoms with van der Waals surface area (Å²) in [5.41, 5.74) is 7.45. The fraction of sp³-hybridized carbons (Fsp3) is 0.111. The Hall–Kier alpha value is -0.970. The van der Waals surface area contributed by atoms with Gasteiger partial charge < -0.3 is 5.73 Å². The van der Waals surface area contributed by atoms with Crippen LogP contribution in [0.5, 0.6) is 0 Å². The van der Waals surface area contributed by atoms with Gasteiger partial charge >= 0.3 is 0 Å². The summed E-state index contributed by atoms with van der Waals surface area (Å²) in [6, 6.07) is 3.89. The summed E-state index contributed by atoms with van der Waals surface area (Å²) in [6.45, 7) is 0.497. The molecule has 0 fully saturated rings. The minimum atomic E-state index is 0. The molecule has 14 heavy (non-hydrogen) atoms. The molecule has 0 aliphatic heterocycles. The number of rotatable bonds is 2. The van der Waals surface area contributed by atoms with Gasteiger partial charge in [-0.15, -0.1) is 23.7 Å². The first-order valence-electron chi connectivity index (χ1n) is 3.95. The van der Waals surface area contributed by atoms with Gasteiger partial charge in [-0.3, -0.25) is 4.98 Å². The Bertz CT molecular complexity index is 388. The van der Waals surface area contributed by atoms with Crippen LogP contribution in [0, 0.1) is 0 Å². The molecule has 0 aliphatic carbocycles. The van der Waals surface area contributed by atoms with E-state index in [0.29, 0.717) is 6.54 Å². The van der Waals surface area contributed by atoms with Crippen molar-refractivity contribution in [3.63, 3.8) is 0 Å². The maximum absolute atomic E-state index is 5.47. The Kier molecular flexibility index (Phi) is 4.00. The Morgan fingerprint density at radius 1 is 1.43 bits per heavy atom. The normalized spacial score (nSPS) is 9.50. The van der Waals surface area contributed by atoms with Crippen LogP contribution >= 0.6 is 23.7 Å². The van der Waals surface area contributed by atoms with Gasteiger partial charge in [0.05, 0.1) is 5.69 Å². The SMILES string of the molecule is Cl.NCc1csc(-c2cccnc2)n1. The fourth-order valence-electron chi connectivity index (χ4n) is 1.02.